The molecule has 0 unspecified atom stereocenters. The van der Waals surface area contributed by atoms with Gasteiger partial charge in [-0.25, -0.2) is 4.99 Å². The van der Waals surface area contributed by atoms with Crippen LogP contribution in [0.25, 0.3) is 0 Å². The third kappa shape index (κ3) is 2.96. The van der Waals surface area contributed by atoms with E-state index in [1.165, 1.54) is 0 Å². The Morgan fingerprint density at radius 2 is 2.12 bits per heavy atom. The Bertz CT molecular complexity index is 440. The van der Waals surface area contributed by atoms with Gasteiger partial charge in [0, 0.05) is 5.56 Å². The summed E-state index contributed by atoms with van der Waals surface area (Å²) >= 11 is 0. The fourth-order valence-electron chi connectivity index (χ4n) is 1.75. The van der Waals surface area contributed by atoms with Crippen LogP contribution in [0.5, 0.6) is 0 Å². The molecule has 4 N–H and O–H groups in total. The van der Waals surface area contributed by atoms with Crippen LogP contribution in [0.2, 0.25) is 0 Å². The van der Waals surface area contributed by atoms with Crippen LogP contribution in [-0.4, -0.2) is 24.6 Å². The Morgan fingerprint density at radius 1 is 1.41 bits per heavy atom. The number of rotatable bonds is 4. The first-order valence-corrected chi connectivity index (χ1v) is 5.50. The molecular weight excluding hydrogens is 218 g/mol. The van der Waals surface area contributed by atoms with Crippen LogP contribution in [0, 0.1) is 0 Å². The Kier molecular flexibility index (Phi) is 3.27. The third-order valence-electron chi connectivity index (χ3n) is 2.74. The van der Waals surface area contributed by atoms with Gasteiger partial charge in [0.1, 0.15) is 6.61 Å². The van der Waals surface area contributed by atoms with Crippen molar-refractivity contribution >= 4 is 11.9 Å². The van der Waals surface area contributed by atoms with E-state index in [0.29, 0.717) is 12.2 Å². The number of aliphatic imine (C=N–C) groups is 1. The van der Waals surface area contributed by atoms with Gasteiger partial charge in [0.25, 0.3) is 6.02 Å². The summed E-state index contributed by atoms with van der Waals surface area (Å²) in [6, 6.07) is 7.71. The highest BCUT2D eigenvalue weighted by Crippen LogP contribution is 2.12. The summed E-state index contributed by atoms with van der Waals surface area (Å²) in [6.45, 7) is 0.561. The molecule has 0 radical (unpaired) electrons. The van der Waals surface area contributed by atoms with Crippen LogP contribution in [0.1, 0.15) is 22.3 Å². The van der Waals surface area contributed by atoms with E-state index in [1.807, 2.05) is 12.1 Å². The Balaban J connectivity index is 1.89. The molecule has 1 heterocycles. The lowest BCUT2D eigenvalue weighted by Gasteiger charge is -2.05. The smallest absolute Gasteiger partial charge is 0.282 e. The number of benzene rings is 1. The lowest BCUT2D eigenvalue weighted by Crippen LogP contribution is -2.11. The van der Waals surface area contributed by atoms with Crippen LogP contribution >= 0.6 is 0 Å². The molecular formula is C12H15N3O2. The number of hydrogen-bond acceptors (Lipinski definition) is 4. The standard InChI is InChI=1S/C12H15N3O2/c13-11(16)9-4-1-8(2-5-9)3-6-10-7-17-12(14)15-10/h1-2,4-5,10H,3,6-7H2,(H2,13,16)(H2,14,15)/t10-/m0/s1. The van der Waals surface area contributed by atoms with Gasteiger partial charge in [-0.15, -0.1) is 0 Å². The molecule has 5 heteroatoms. The summed E-state index contributed by atoms with van der Waals surface area (Å²) in [5, 5.41) is 0. The molecule has 17 heavy (non-hydrogen) atoms. The second-order valence-corrected chi connectivity index (χ2v) is 4.03. The van der Waals surface area contributed by atoms with Crippen LogP contribution in [0.3, 0.4) is 0 Å². The van der Waals surface area contributed by atoms with Gasteiger partial charge in [-0.1, -0.05) is 12.1 Å². The molecule has 1 aromatic carbocycles. The Morgan fingerprint density at radius 3 is 2.65 bits per heavy atom. The van der Waals surface area contributed by atoms with Crippen molar-refractivity contribution in [3.8, 4) is 0 Å². The third-order valence-corrected chi connectivity index (χ3v) is 2.74. The first kappa shape index (κ1) is 11.4. The van der Waals surface area contributed by atoms with E-state index in [2.05, 4.69) is 4.99 Å². The number of carbonyl (C=O) groups is 1. The predicted octanol–water partition coefficient (Wildman–Crippen LogP) is 0.432. The van der Waals surface area contributed by atoms with Crippen molar-refractivity contribution in [2.75, 3.05) is 6.61 Å². The van der Waals surface area contributed by atoms with E-state index in [9.17, 15) is 4.79 Å². The molecule has 1 atom stereocenters. The second kappa shape index (κ2) is 4.86. The topological polar surface area (TPSA) is 90.7 Å². The van der Waals surface area contributed by atoms with Gasteiger partial charge in [0.15, 0.2) is 0 Å². The Hall–Kier alpha value is -2.04. The van der Waals surface area contributed by atoms with E-state index in [1.54, 1.807) is 12.1 Å². The number of carbonyl (C=O) groups excluding carboxylic acids is 1. The van der Waals surface area contributed by atoms with Gasteiger partial charge in [0.05, 0.1) is 6.04 Å². The lowest BCUT2D eigenvalue weighted by atomic mass is 10.0. The van der Waals surface area contributed by atoms with Gasteiger partial charge in [0.2, 0.25) is 5.91 Å². The van der Waals surface area contributed by atoms with Crippen molar-refractivity contribution < 1.29 is 9.53 Å². The minimum Gasteiger partial charge on any atom is -0.463 e. The Labute approximate surface area is 99.5 Å². The predicted molar refractivity (Wildman–Crippen MR) is 64.6 cm³/mol. The van der Waals surface area contributed by atoms with Crippen molar-refractivity contribution in [3.05, 3.63) is 35.4 Å². The zero-order valence-corrected chi connectivity index (χ0v) is 9.43. The number of amides is 1. The molecule has 0 spiro atoms. The number of nitrogens with zero attached hydrogens (tertiary/aromatic N) is 1. The number of aryl methyl sites for hydroxylation is 1. The molecule has 0 fully saturated rings. The summed E-state index contributed by atoms with van der Waals surface area (Å²) in [6.07, 6.45) is 1.76. The van der Waals surface area contributed by atoms with Gasteiger partial charge < -0.3 is 16.2 Å². The largest absolute Gasteiger partial charge is 0.463 e. The van der Waals surface area contributed by atoms with Gasteiger partial charge in [-0.05, 0) is 30.5 Å². The summed E-state index contributed by atoms with van der Waals surface area (Å²) in [4.78, 5) is 15.0. The quantitative estimate of drug-likeness (QED) is 0.790. The SMILES string of the molecule is NC(=O)c1ccc(CC[C@H]2COC(N)=N2)cc1. The highest BCUT2D eigenvalue weighted by molar-refractivity contribution is 5.92. The van der Waals surface area contributed by atoms with Crippen molar-refractivity contribution in [2.45, 2.75) is 18.9 Å². The molecule has 2 rings (SSSR count). The highest BCUT2D eigenvalue weighted by atomic mass is 16.5. The van der Waals surface area contributed by atoms with Crippen molar-refractivity contribution in [1.82, 2.24) is 0 Å². The maximum absolute atomic E-state index is 10.9. The van der Waals surface area contributed by atoms with E-state index >= 15 is 0 Å². The highest BCUT2D eigenvalue weighted by Gasteiger charge is 2.16. The molecule has 0 aromatic heterocycles. The van der Waals surface area contributed by atoms with Gasteiger partial charge in [-0.2, -0.15) is 0 Å². The summed E-state index contributed by atoms with van der Waals surface area (Å²) in [7, 11) is 0. The van der Waals surface area contributed by atoms with E-state index < -0.39 is 5.91 Å². The monoisotopic (exact) mass is 233 g/mol. The molecule has 1 aliphatic heterocycles. The van der Waals surface area contributed by atoms with E-state index in [-0.39, 0.29) is 12.1 Å². The van der Waals surface area contributed by atoms with Crippen molar-refractivity contribution in [2.24, 2.45) is 16.5 Å². The molecule has 0 saturated carbocycles. The van der Waals surface area contributed by atoms with E-state index in [4.69, 9.17) is 16.2 Å². The van der Waals surface area contributed by atoms with Gasteiger partial charge in [-0.3, -0.25) is 4.79 Å². The number of nitrogens with two attached hydrogens (primary N) is 2. The summed E-state index contributed by atoms with van der Waals surface area (Å²) in [5.74, 6) is -0.405. The lowest BCUT2D eigenvalue weighted by molar-refractivity contribution is 0.100. The fraction of sp³-hybridized carbons (Fsp3) is 0.333. The minimum absolute atomic E-state index is 0.144. The zero-order chi connectivity index (χ0) is 12.3. The maximum Gasteiger partial charge on any atom is 0.282 e. The van der Waals surface area contributed by atoms with E-state index in [0.717, 1.165) is 18.4 Å². The van der Waals surface area contributed by atoms with Crippen LogP contribution in [0.15, 0.2) is 29.3 Å². The maximum atomic E-state index is 10.9. The molecule has 5 nitrogen and oxygen atoms in total. The summed E-state index contributed by atoms with van der Waals surface area (Å²) in [5.41, 5.74) is 12.3. The minimum atomic E-state index is -0.405. The van der Waals surface area contributed by atoms with Crippen LogP contribution in [-0.2, 0) is 11.2 Å². The molecule has 1 amide bonds. The average Bonchev–Trinajstić information content (AvgIpc) is 2.73. The molecule has 1 aromatic rings. The normalized spacial score (nSPS) is 18.6. The molecule has 1 aliphatic rings. The van der Waals surface area contributed by atoms with Crippen LogP contribution in [0.4, 0.5) is 0 Å². The molecule has 0 saturated heterocycles. The summed E-state index contributed by atoms with van der Waals surface area (Å²) < 4.78 is 5.07. The zero-order valence-electron chi connectivity index (χ0n) is 9.43. The van der Waals surface area contributed by atoms with Crippen molar-refractivity contribution in [3.63, 3.8) is 0 Å². The van der Waals surface area contributed by atoms with Crippen LogP contribution < -0.4 is 11.5 Å². The number of primary amides is 1. The first-order valence-electron chi connectivity index (χ1n) is 5.50. The fourth-order valence-corrected chi connectivity index (χ4v) is 1.75. The number of amidine groups is 1. The van der Waals surface area contributed by atoms with Gasteiger partial charge >= 0.3 is 0 Å². The first-order chi connectivity index (χ1) is 8.15. The average molecular weight is 233 g/mol. The molecule has 90 valence electrons. The number of hydrogen-bond donors (Lipinski definition) is 2. The number of ether oxygens (including phenoxy) is 1. The molecule has 0 bridgehead atoms. The van der Waals surface area contributed by atoms with Crippen molar-refractivity contribution in [1.29, 1.82) is 0 Å². The second-order valence-electron chi connectivity index (χ2n) is 4.03. The molecule has 0 aliphatic carbocycles.